The molecule has 0 atom stereocenters. The summed E-state index contributed by atoms with van der Waals surface area (Å²) in [5.41, 5.74) is 0.405. The second-order valence-corrected chi connectivity index (χ2v) is 5.80. The van der Waals surface area contributed by atoms with Crippen LogP contribution in [0, 0.1) is 0 Å². The van der Waals surface area contributed by atoms with E-state index in [1.807, 2.05) is 33.9 Å². The molecule has 4 nitrogen and oxygen atoms in total. The number of amides is 1. The molecule has 0 unspecified atom stereocenters. The standard InChI is InChI=1S/C12H20BNO3/c1-11(2)12(3,4)17-13(16-11)9-6-7-10(15)14(5)8-9/h8H,6-7H2,1-5H3. The molecule has 17 heavy (non-hydrogen) atoms. The van der Waals surface area contributed by atoms with Crippen molar-refractivity contribution in [3.8, 4) is 0 Å². The summed E-state index contributed by atoms with van der Waals surface area (Å²) in [6.45, 7) is 8.13. The predicted molar refractivity (Wildman–Crippen MR) is 66.2 cm³/mol. The van der Waals surface area contributed by atoms with Crippen LogP contribution in [0.4, 0.5) is 0 Å². The highest BCUT2D eigenvalue weighted by molar-refractivity contribution is 6.54. The first kappa shape index (κ1) is 12.6. The number of carbonyl (C=O) groups is 1. The lowest BCUT2D eigenvalue weighted by Gasteiger charge is -2.32. The van der Waals surface area contributed by atoms with E-state index >= 15 is 0 Å². The number of nitrogens with zero attached hydrogens (tertiary/aromatic N) is 1. The molecular weight excluding hydrogens is 217 g/mol. The molecule has 2 heterocycles. The van der Waals surface area contributed by atoms with E-state index in [0.29, 0.717) is 6.42 Å². The zero-order valence-corrected chi connectivity index (χ0v) is 11.2. The maximum Gasteiger partial charge on any atom is 0.492 e. The van der Waals surface area contributed by atoms with Crippen LogP contribution in [-0.4, -0.2) is 36.2 Å². The molecule has 2 aliphatic heterocycles. The Morgan fingerprint density at radius 3 is 2.18 bits per heavy atom. The van der Waals surface area contributed by atoms with Gasteiger partial charge in [-0.05, 0) is 39.6 Å². The molecule has 0 spiro atoms. The minimum atomic E-state index is -0.324. The molecule has 0 N–H and O–H groups in total. The van der Waals surface area contributed by atoms with Crippen molar-refractivity contribution in [2.45, 2.75) is 51.7 Å². The molecule has 94 valence electrons. The fraction of sp³-hybridized carbons (Fsp3) is 0.750. The normalized spacial score (nSPS) is 27.4. The van der Waals surface area contributed by atoms with Gasteiger partial charge in [-0.25, -0.2) is 0 Å². The summed E-state index contributed by atoms with van der Waals surface area (Å²) in [5.74, 6) is 0.144. The van der Waals surface area contributed by atoms with Crippen molar-refractivity contribution >= 4 is 13.0 Å². The minimum Gasteiger partial charge on any atom is -0.400 e. The van der Waals surface area contributed by atoms with Gasteiger partial charge in [-0.1, -0.05) is 0 Å². The smallest absolute Gasteiger partial charge is 0.400 e. The van der Waals surface area contributed by atoms with Crippen LogP contribution in [0.3, 0.4) is 0 Å². The van der Waals surface area contributed by atoms with Crippen LogP contribution in [0.15, 0.2) is 11.7 Å². The van der Waals surface area contributed by atoms with Crippen LogP contribution < -0.4 is 0 Å². The second-order valence-electron chi connectivity index (χ2n) is 5.80. The lowest BCUT2D eigenvalue weighted by Crippen LogP contribution is -2.41. The molecular formula is C12H20BNO3. The van der Waals surface area contributed by atoms with Crippen molar-refractivity contribution in [2.75, 3.05) is 7.05 Å². The van der Waals surface area contributed by atoms with Crippen molar-refractivity contribution in [2.24, 2.45) is 0 Å². The van der Waals surface area contributed by atoms with Gasteiger partial charge in [-0.3, -0.25) is 4.79 Å². The Morgan fingerprint density at radius 1 is 1.18 bits per heavy atom. The average Bonchev–Trinajstić information content (AvgIpc) is 2.41. The SMILES string of the molecule is CN1C=C(B2OC(C)(C)C(C)(C)O2)CCC1=O. The third-order valence-electron chi connectivity index (χ3n) is 3.94. The Morgan fingerprint density at radius 2 is 1.71 bits per heavy atom. The molecule has 1 saturated heterocycles. The van der Waals surface area contributed by atoms with Gasteiger partial charge in [0, 0.05) is 19.7 Å². The molecule has 1 fully saturated rings. The predicted octanol–water partition coefficient (Wildman–Crippen LogP) is 1.75. The Hall–Kier alpha value is -0.805. The maximum atomic E-state index is 11.4. The molecule has 0 aromatic rings. The second kappa shape index (κ2) is 3.85. The maximum absolute atomic E-state index is 11.4. The molecule has 5 heteroatoms. The zero-order valence-electron chi connectivity index (χ0n) is 11.2. The van der Waals surface area contributed by atoms with E-state index in [1.165, 1.54) is 0 Å². The first-order valence-electron chi connectivity index (χ1n) is 6.05. The average molecular weight is 237 g/mol. The van der Waals surface area contributed by atoms with E-state index in [9.17, 15) is 4.79 Å². The molecule has 0 aromatic heterocycles. The largest absolute Gasteiger partial charge is 0.492 e. The van der Waals surface area contributed by atoms with E-state index in [-0.39, 0.29) is 24.2 Å². The molecule has 0 radical (unpaired) electrons. The van der Waals surface area contributed by atoms with Gasteiger partial charge in [0.2, 0.25) is 5.91 Å². The van der Waals surface area contributed by atoms with Crippen LogP contribution in [0.25, 0.3) is 0 Å². The number of hydrogen-bond donors (Lipinski definition) is 0. The fourth-order valence-corrected chi connectivity index (χ4v) is 1.99. The molecule has 0 aromatic carbocycles. The number of allylic oxidation sites excluding steroid dienone is 1. The number of rotatable bonds is 1. The van der Waals surface area contributed by atoms with Crippen LogP contribution >= 0.6 is 0 Å². The monoisotopic (exact) mass is 237 g/mol. The van der Waals surface area contributed by atoms with Gasteiger partial charge < -0.3 is 14.2 Å². The third kappa shape index (κ3) is 2.14. The lowest BCUT2D eigenvalue weighted by molar-refractivity contribution is -0.128. The van der Waals surface area contributed by atoms with Gasteiger partial charge in [0.15, 0.2) is 0 Å². The third-order valence-corrected chi connectivity index (χ3v) is 3.94. The fourth-order valence-electron chi connectivity index (χ4n) is 1.99. The summed E-state index contributed by atoms with van der Waals surface area (Å²) in [4.78, 5) is 13.0. The van der Waals surface area contributed by atoms with Crippen molar-refractivity contribution in [3.05, 3.63) is 11.7 Å². The van der Waals surface area contributed by atoms with Crippen LogP contribution in [-0.2, 0) is 14.1 Å². The Bertz CT molecular complexity index is 360. The van der Waals surface area contributed by atoms with E-state index in [0.717, 1.165) is 11.9 Å². The summed E-state index contributed by atoms with van der Waals surface area (Å²) in [7, 11) is 1.45. The van der Waals surface area contributed by atoms with Crippen LogP contribution in [0.2, 0.25) is 0 Å². The molecule has 1 amide bonds. The quantitative estimate of drug-likeness (QED) is 0.652. The summed E-state index contributed by atoms with van der Waals surface area (Å²) in [6, 6.07) is 0. The van der Waals surface area contributed by atoms with E-state index in [1.54, 1.807) is 11.9 Å². The van der Waals surface area contributed by atoms with Crippen LogP contribution in [0.1, 0.15) is 40.5 Å². The van der Waals surface area contributed by atoms with E-state index < -0.39 is 0 Å². The molecule has 0 saturated carbocycles. The Labute approximate surface area is 103 Å². The number of carbonyl (C=O) groups excluding carboxylic acids is 1. The van der Waals surface area contributed by atoms with Gasteiger partial charge in [0.1, 0.15) is 0 Å². The topological polar surface area (TPSA) is 38.8 Å². The Kier molecular flexibility index (Phi) is 2.87. The molecule has 0 aliphatic carbocycles. The summed E-state index contributed by atoms with van der Waals surface area (Å²) < 4.78 is 11.9. The van der Waals surface area contributed by atoms with Crippen molar-refractivity contribution < 1.29 is 14.1 Å². The van der Waals surface area contributed by atoms with E-state index in [2.05, 4.69) is 0 Å². The Balaban J connectivity index is 2.17. The highest BCUT2D eigenvalue weighted by Crippen LogP contribution is 2.39. The van der Waals surface area contributed by atoms with Crippen molar-refractivity contribution in [3.63, 3.8) is 0 Å². The highest BCUT2D eigenvalue weighted by atomic mass is 16.7. The van der Waals surface area contributed by atoms with Gasteiger partial charge >= 0.3 is 7.12 Å². The number of hydrogen-bond acceptors (Lipinski definition) is 3. The molecule has 2 aliphatic rings. The first-order chi connectivity index (χ1) is 7.73. The summed E-state index contributed by atoms with van der Waals surface area (Å²) in [6.07, 6.45) is 3.10. The van der Waals surface area contributed by atoms with Crippen molar-refractivity contribution in [1.29, 1.82) is 0 Å². The first-order valence-corrected chi connectivity index (χ1v) is 6.05. The molecule has 2 rings (SSSR count). The van der Waals surface area contributed by atoms with Gasteiger partial charge in [-0.15, -0.1) is 0 Å². The lowest BCUT2D eigenvalue weighted by atomic mass is 9.75. The summed E-state index contributed by atoms with van der Waals surface area (Å²) in [5, 5.41) is 0. The van der Waals surface area contributed by atoms with Gasteiger partial charge in [-0.2, -0.15) is 0 Å². The molecule has 0 bridgehead atoms. The highest BCUT2D eigenvalue weighted by Gasteiger charge is 2.52. The van der Waals surface area contributed by atoms with Gasteiger partial charge in [0.05, 0.1) is 11.2 Å². The van der Waals surface area contributed by atoms with Crippen LogP contribution in [0.5, 0.6) is 0 Å². The van der Waals surface area contributed by atoms with Gasteiger partial charge in [0.25, 0.3) is 0 Å². The zero-order chi connectivity index (χ0) is 12.8. The van der Waals surface area contributed by atoms with E-state index in [4.69, 9.17) is 9.31 Å². The van der Waals surface area contributed by atoms with Crippen molar-refractivity contribution in [1.82, 2.24) is 4.90 Å². The minimum absolute atomic E-state index is 0.144. The summed E-state index contributed by atoms with van der Waals surface area (Å²) >= 11 is 0.